The SMILES string of the molecule is O=C(CN(c1ccccc1F)S(=O)(=O)c1cccs1)N1CCOCC1. The van der Waals surface area contributed by atoms with Crippen molar-refractivity contribution in [3.8, 4) is 0 Å². The van der Waals surface area contributed by atoms with Crippen LogP contribution in [-0.4, -0.2) is 52.1 Å². The molecule has 2 aromatic rings. The zero-order valence-electron chi connectivity index (χ0n) is 13.3. The molecule has 1 aliphatic rings. The van der Waals surface area contributed by atoms with Crippen molar-refractivity contribution in [2.24, 2.45) is 0 Å². The number of thiophene rings is 1. The van der Waals surface area contributed by atoms with Crippen LogP contribution in [0, 0.1) is 5.82 Å². The first-order valence-corrected chi connectivity index (χ1v) is 9.98. The summed E-state index contributed by atoms with van der Waals surface area (Å²) in [7, 11) is -4.03. The standard InChI is InChI=1S/C16H17FN2O4S2/c17-13-4-1-2-5-14(13)19(25(21,22)16-6-3-11-24-16)12-15(20)18-7-9-23-10-8-18/h1-6,11H,7-10,12H2. The van der Waals surface area contributed by atoms with E-state index in [-0.39, 0.29) is 15.8 Å². The van der Waals surface area contributed by atoms with Crippen molar-refractivity contribution in [1.82, 2.24) is 4.90 Å². The summed E-state index contributed by atoms with van der Waals surface area (Å²) in [4.78, 5) is 14.1. The number of benzene rings is 1. The van der Waals surface area contributed by atoms with Crippen molar-refractivity contribution in [2.45, 2.75) is 4.21 Å². The molecular weight excluding hydrogens is 367 g/mol. The highest BCUT2D eigenvalue weighted by molar-refractivity contribution is 7.94. The van der Waals surface area contributed by atoms with E-state index in [1.165, 1.54) is 35.2 Å². The molecular formula is C16H17FN2O4S2. The molecule has 1 amide bonds. The molecule has 6 nitrogen and oxygen atoms in total. The molecule has 0 radical (unpaired) electrons. The number of anilines is 1. The molecule has 0 spiro atoms. The van der Waals surface area contributed by atoms with Gasteiger partial charge in [0.2, 0.25) is 5.91 Å². The Morgan fingerprint density at radius 3 is 2.56 bits per heavy atom. The molecule has 0 unspecified atom stereocenters. The van der Waals surface area contributed by atoms with Crippen LogP contribution in [0.1, 0.15) is 0 Å². The maximum absolute atomic E-state index is 14.3. The number of nitrogens with zero attached hydrogens (tertiary/aromatic N) is 2. The molecule has 0 aliphatic carbocycles. The van der Waals surface area contributed by atoms with E-state index in [9.17, 15) is 17.6 Å². The third-order valence-corrected chi connectivity index (χ3v) is 6.94. The fourth-order valence-electron chi connectivity index (χ4n) is 2.51. The number of amides is 1. The lowest BCUT2D eigenvalue weighted by Crippen LogP contribution is -2.47. The lowest BCUT2D eigenvalue weighted by molar-refractivity contribution is -0.133. The summed E-state index contributed by atoms with van der Waals surface area (Å²) < 4.78 is 46.2. The number of hydrogen-bond donors (Lipinski definition) is 0. The van der Waals surface area contributed by atoms with E-state index < -0.39 is 22.4 Å². The van der Waals surface area contributed by atoms with Gasteiger partial charge in [-0.25, -0.2) is 12.8 Å². The Balaban J connectivity index is 1.95. The molecule has 0 bridgehead atoms. The average Bonchev–Trinajstić information content (AvgIpc) is 3.16. The van der Waals surface area contributed by atoms with E-state index in [2.05, 4.69) is 0 Å². The summed E-state index contributed by atoms with van der Waals surface area (Å²) in [5, 5.41) is 1.62. The summed E-state index contributed by atoms with van der Waals surface area (Å²) in [5.74, 6) is -1.08. The molecule has 1 aliphatic heterocycles. The van der Waals surface area contributed by atoms with Gasteiger partial charge in [-0.3, -0.25) is 9.10 Å². The van der Waals surface area contributed by atoms with Crippen LogP contribution in [0.4, 0.5) is 10.1 Å². The van der Waals surface area contributed by atoms with Crippen LogP contribution >= 0.6 is 11.3 Å². The predicted molar refractivity (Wildman–Crippen MR) is 92.6 cm³/mol. The number of ether oxygens (including phenoxy) is 1. The maximum Gasteiger partial charge on any atom is 0.274 e. The molecule has 1 saturated heterocycles. The topological polar surface area (TPSA) is 66.9 Å². The van der Waals surface area contributed by atoms with Crippen LogP contribution in [0.25, 0.3) is 0 Å². The highest BCUT2D eigenvalue weighted by Crippen LogP contribution is 2.28. The van der Waals surface area contributed by atoms with Gasteiger partial charge in [-0.2, -0.15) is 0 Å². The van der Waals surface area contributed by atoms with Crippen LogP contribution in [0.2, 0.25) is 0 Å². The second-order valence-corrected chi connectivity index (χ2v) is 8.43. The zero-order valence-corrected chi connectivity index (χ0v) is 14.9. The smallest absolute Gasteiger partial charge is 0.274 e. The quantitative estimate of drug-likeness (QED) is 0.790. The van der Waals surface area contributed by atoms with Gasteiger partial charge in [0, 0.05) is 13.1 Å². The van der Waals surface area contributed by atoms with Crippen LogP contribution < -0.4 is 4.31 Å². The zero-order chi connectivity index (χ0) is 17.9. The normalized spacial score (nSPS) is 15.2. The van der Waals surface area contributed by atoms with Gasteiger partial charge in [0.15, 0.2) is 0 Å². The van der Waals surface area contributed by atoms with E-state index in [1.54, 1.807) is 11.4 Å². The van der Waals surface area contributed by atoms with Crippen molar-refractivity contribution in [3.05, 3.63) is 47.6 Å². The summed E-state index contributed by atoms with van der Waals surface area (Å²) >= 11 is 1.02. The Bertz CT molecular complexity index is 834. The molecule has 2 heterocycles. The summed E-state index contributed by atoms with van der Waals surface area (Å²) in [6.07, 6.45) is 0. The summed E-state index contributed by atoms with van der Waals surface area (Å²) in [6, 6.07) is 8.57. The second kappa shape index (κ2) is 7.51. The number of carbonyl (C=O) groups excluding carboxylic acids is 1. The van der Waals surface area contributed by atoms with Crippen molar-refractivity contribution in [2.75, 3.05) is 37.2 Å². The van der Waals surface area contributed by atoms with Crippen LogP contribution in [-0.2, 0) is 19.6 Å². The summed E-state index contributed by atoms with van der Waals surface area (Å²) in [6.45, 7) is 1.14. The van der Waals surface area contributed by atoms with E-state index in [0.29, 0.717) is 26.3 Å². The monoisotopic (exact) mass is 384 g/mol. The molecule has 0 N–H and O–H groups in total. The molecule has 3 rings (SSSR count). The lowest BCUT2D eigenvalue weighted by Gasteiger charge is -2.30. The van der Waals surface area contributed by atoms with Crippen LogP contribution in [0.5, 0.6) is 0 Å². The first-order valence-electron chi connectivity index (χ1n) is 7.66. The second-order valence-electron chi connectivity index (χ2n) is 5.39. The van der Waals surface area contributed by atoms with Gasteiger partial charge >= 0.3 is 0 Å². The number of hydrogen-bond acceptors (Lipinski definition) is 5. The maximum atomic E-state index is 14.3. The van der Waals surface area contributed by atoms with Crippen molar-refractivity contribution >= 4 is 33.0 Å². The molecule has 25 heavy (non-hydrogen) atoms. The average molecular weight is 384 g/mol. The Kier molecular flexibility index (Phi) is 5.36. The molecule has 1 aromatic heterocycles. The van der Waals surface area contributed by atoms with Crippen LogP contribution in [0.3, 0.4) is 0 Å². The minimum Gasteiger partial charge on any atom is -0.378 e. The lowest BCUT2D eigenvalue weighted by atomic mass is 10.3. The van der Waals surface area contributed by atoms with Crippen molar-refractivity contribution in [1.29, 1.82) is 0 Å². The number of halogens is 1. The molecule has 9 heteroatoms. The molecule has 1 aromatic carbocycles. The van der Waals surface area contributed by atoms with Gasteiger partial charge in [0.25, 0.3) is 10.0 Å². The van der Waals surface area contributed by atoms with Gasteiger partial charge in [-0.15, -0.1) is 11.3 Å². The van der Waals surface area contributed by atoms with Crippen molar-refractivity contribution < 1.29 is 22.3 Å². The van der Waals surface area contributed by atoms with Crippen LogP contribution in [0.15, 0.2) is 46.0 Å². The first kappa shape index (κ1) is 17.8. The molecule has 1 fully saturated rings. The van der Waals surface area contributed by atoms with E-state index in [0.717, 1.165) is 15.6 Å². The summed E-state index contributed by atoms with van der Waals surface area (Å²) in [5.41, 5.74) is -0.141. The molecule has 0 atom stereocenters. The fraction of sp³-hybridized carbons (Fsp3) is 0.312. The Labute approximate surface area is 149 Å². The minimum atomic E-state index is -4.03. The van der Waals surface area contributed by atoms with Gasteiger partial charge in [0.05, 0.1) is 18.9 Å². The highest BCUT2D eigenvalue weighted by atomic mass is 32.2. The van der Waals surface area contributed by atoms with Gasteiger partial charge < -0.3 is 9.64 Å². The number of sulfonamides is 1. The van der Waals surface area contributed by atoms with E-state index in [4.69, 9.17) is 4.74 Å². The first-order chi connectivity index (χ1) is 12.0. The minimum absolute atomic E-state index is 0.0607. The van der Waals surface area contributed by atoms with Gasteiger partial charge in [-0.05, 0) is 23.6 Å². The number of morpholine rings is 1. The Hall–Kier alpha value is -1.97. The van der Waals surface area contributed by atoms with Crippen molar-refractivity contribution in [3.63, 3.8) is 0 Å². The molecule has 0 saturated carbocycles. The van der Waals surface area contributed by atoms with Gasteiger partial charge in [0.1, 0.15) is 16.6 Å². The largest absolute Gasteiger partial charge is 0.378 e. The third-order valence-electron chi connectivity index (χ3n) is 3.80. The number of para-hydroxylation sites is 1. The number of carbonyl (C=O) groups is 1. The molecule has 134 valence electrons. The third kappa shape index (κ3) is 3.83. The van der Waals surface area contributed by atoms with E-state index >= 15 is 0 Å². The highest BCUT2D eigenvalue weighted by Gasteiger charge is 2.31. The Morgan fingerprint density at radius 1 is 1.20 bits per heavy atom. The predicted octanol–water partition coefficient (Wildman–Crippen LogP) is 1.94. The van der Waals surface area contributed by atoms with Gasteiger partial charge in [-0.1, -0.05) is 18.2 Å². The number of rotatable bonds is 5. The fourth-order valence-corrected chi connectivity index (χ4v) is 5.03. The Morgan fingerprint density at radius 2 is 1.92 bits per heavy atom. The van der Waals surface area contributed by atoms with E-state index in [1.807, 2.05) is 0 Å².